The molecule has 7 heteroatoms. The molecule has 0 bridgehead atoms. The second-order valence-corrected chi connectivity index (χ2v) is 8.00. The van der Waals surface area contributed by atoms with Crippen molar-refractivity contribution in [2.45, 2.75) is 6.42 Å². The number of aromatic nitrogens is 1. The molecule has 1 aromatic heterocycles. The SMILES string of the molecule is COc1ccc(CCNC(=S)NC(=O)c2cc(-c3ccccc3)nc3ccccc23)cc1OC. The van der Waals surface area contributed by atoms with Gasteiger partial charge in [0.1, 0.15) is 0 Å². The normalized spacial score (nSPS) is 10.5. The molecule has 172 valence electrons. The number of hydrogen-bond acceptors (Lipinski definition) is 5. The van der Waals surface area contributed by atoms with Crippen LogP contribution in [-0.2, 0) is 6.42 Å². The molecule has 0 radical (unpaired) electrons. The number of thiocarbonyl (C=S) groups is 1. The first-order valence-corrected chi connectivity index (χ1v) is 11.2. The Kier molecular flexibility index (Phi) is 7.34. The van der Waals surface area contributed by atoms with Crippen molar-refractivity contribution in [2.75, 3.05) is 20.8 Å². The number of fused-ring (bicyclic) bond motifs is 1. The van der Waals surface area contributed by atoms with Gasteiger partial charge in [0.2, 0.25) is 0 Å². The number of methoxy groups -OCH3 is 2. The highest BCUT2D eigenvalue weighted by Gasteiger charge is 2.15. The molecular formula is C27H25N3O3S. The molecule has 4 rings (SSSR count). The standard InChI is InChI=1S/C27H25N3O3S/c1-32-24-13-12-18(16-25(24)33-2)14-15-28-27(34)30-26(31)21-17-23(19-8-4-3-5-9-19)29-22-11-7-6-10-20(21)22/h3-13,16-17H,14-15H2,1-2H3,(H2,28,30,31,34). The summed E-state index contributed by atoms with van der Waals surface area (Å²) >= 11 is 5.38. The lowest BCUT2D eigenvalue weighted by molar-refractivity contribution is 0.0978. The maximum absolute atomic E-state index is 13.1. The summed E-state index contributed by atoms with van der Waals surface area (Å²) in [6.45, 7) is 0.557. The molecule has 0 atom stereocenters. The van der Waals surface area contributed by atoms with Crippen LogP contribution in [0.5, 0.6) is 11.5 Å². The minimum atomic E-state index is -0.278. The van der Waals surface area contributed by atoms with Crippen LogP contribution in [0.3, 0.4) is 0 Å². The van der Waals surface area contributed by atoms with Crippen molar-refractivity contribution in [3.05, 3.63) is 90.0 Å². The Balaban J connectivity index is 1.45. The fourth-order valence-electron chi connectivity index (χ4n) is 3.69. The molecule has 0 spiro atoms. The van der Waals surface area contributed by atoms with Crippen LogP contribution in [0.25, 0.3) is 22.2 Å². The molecule has 1 heterocycles. The number of nitrogens with zero attached hydrogens (tertiary/aromatic N) is 1. The van der Waals surface area contributed by atoms with Gasteiger partial charge < -0.3 is 14.8 Å². The Labute approximate surface area is 203 Å². The van der Waals surface area contributed by atoms with Crippen LogP contribution in [0.15, 0.2) is 78.9 Å². The highest BCUT2D eigenvalue weighted by atomic mass is 32.1. The number of amides is 1. The Morgan fingerprint density at radius 3 is 2.41 bits per heavy atom. The van der Waals surface area contributed by atoms with Crippen LogP contribution in [0.2, 0.25) is 0 Å². The van der Waals surface area contributed by atoms with Gasteiger partial charge in [-0.2, -0.15) is 0 Å². The second kappa shape index (κ2) is 10.8. The largest absolute Gasteiger partial charge is 0.493 e. The number of carbonyl (C=O) groups excluding carboxylic acids is 1. The highest BCUT2D eigenvalue weighted by Crippen LogP contribution is 2.27. The minimum absolute atomic E-state index is 0.271. The van der Waals surface area contributed by atoms with E-state index in [0.29, 0.717) is 30.0 Å². The lowest BCUT2D eigenvalue weighted by Crippen LogP contribution is -2.40. The molecular weight excluding hydrogens is 446 g/mol. The van der Waals surface area contributed by atoms with Gasteiger partial charge in [-0.25, -0.2) is 4.98 Å². The third kappa shape index (κ3) is 5.32. The lowest BCUT2D eigenvalue weighted by Gasteiger charge is -2.13. The first-order chi connectivity index (χ1) is 16.6. The summed E-state index contributed by atoms with van der Waals surface area (Å²) in [4.78, 5) is 17.9. The highest BCUT2D eigenvalue weighted by molar-refractivity contribution is 7.80. The van der Waals surface area contributed by atoms with E-state index in [4.69, 9.17) is 26.7 Å². The first kappa shape index (κ1) is 23.2. The Bertz CT molecular complexity index is 1330. The molecule has 0 aliphatic carbocycles. The van der Waals surface area contributed by atoms with Gasteiger partial charge in [0.25, 0.3) is 5.91 Å². The van der Waals surface area contributed by atoms with Crippen molar-refractivity contribution < 1.29 is 14.3 Å². The fourth-order valence-corrected chi connectivity index (χ4v) is 3.89. The third-order valence-corrected chi connectivity index (χ3v) is 5.65. The summed E-state index contributed by atoms with van der Waals surface area (Å²) < 4.78 is 10.6. The van der Waals surface area contributed by atoms with Gasteiger partial charge >= 0.3 is 0 Å². The van der Waals surface area contributed by atoms with Crippen molar-refractivity contribution in [2.24, 2.45) is 0 Å². The summed E-state index contributed by atoms with van der Waals surface area (Å²) in [6.07, 6.45) is 0.701. The molecule has 0 saturated heterocycles. The fraction of sp³-hybridized carbons (Fsp3) is 0.148. The van der Waals surface area contributed by atoms with Crippen molar-refractivity contribution in [1.29, 1.82) is 0 Å². The van der Waals surface area contributed by atoms with E-state index in [-0.39, 0.29) is 11.0 Å². The number of hydrogen-bond donors (Lipinski definition) is 2. The molecule has 0 unspecified atom stereocenters. The lowest BCUT2D eigenvalue weighted by atomic mass is 10.0. The average Bonchev–Trinajstić information content (AvgIpc) is 2.88. The second-order valence-electron chi connectivity index (χ2n) is 7.59. The monoisotopic (exact) mass is 471 g/mol. The first-order valence-electron chi connectivity index (χ1n) is 10.8. The van der Waals surface area contributed by atoms with Gasteiger partial charge in [-0.3, -0.25) is 10.1 Å². The molecule has 0 aliphatic rings. The Morgan fingerprint density at radius 2 is 1.65 bits per heavy atom. The van der Waals surface area contributed by atoms with Gasteiger partial charge in [-0.05, 0) is 48.5 Å². The van der Waals surface area contributed by atoms with Gasteiger partial charge in [0, 0.05) is 17.5 Å². The number of nitrogens with one attached hydrogen (secondary N) is 2. The maximum Gasteiger partial charge on any atom is 0.258 e. The molecule has 0 saturated carbocycles. The summed E-state index contributed by atoms with van der Waals surface area (Å²) in [7, 11) is 3.21. The summed E-state index contributed by atoms with van der Waals surface area (Å²) in [5, 5.41) is 6.95. The zero-order valence-electron chi connectivity index (χ0n) is 19.0. The summed E-state index contributed by atoms with van der Waals surface area (Å²) in [5.74, 6) is 1.08. The van der Waals surface area contributed by atoms with Crippen LogP contribution in [0.1, 0.15) is 15.9 Å². The molecule has 3 aromatic carbocycles. The average molecular weight is 472 g/mol. The smallest absolute Gasteiger partial charge is 0.258 e. The van der Waals surface area contributed by atoms with Crippen LogP contribution in [-0.4, -0.2) is 36.8 Å². The van der Waals surface area contributed by atoms with E-state index in [1.54, 1.807) is 20.3 Å². The van der Waals surface area contributed by atoms with E-state index in [9.17, 15) is 4.79 Å². The van der Waals surface area contributed by atoms with E-state index < -0.39 is 0 Å². The van der Waals surface area contributed by atoms with Gasteiger partial charge in [0.05, 0.1) is 31.0 Å². The predicted molar refractivity (Wildman–Crippen MR) is 138 cm³/mol. The topological polar surface area (TPSA) is 72.5 Å². The quantitative estimate of drug-likeness (QED) is 0.379. The Morgan fingerprint density at radius 1 is 0.912 bits per heavy atom. The van der Waals surface area contributed by atoms with Gasteiger partial charge in [-0.15, -0.1) is 0 Å². The molecule has 0 aliphatic heterocycles. The molecule has 0 fully saturated rings. The molecule has 2 N–H and O–H groups in total. The number of rotatable bonds is 7. The van der Waals surface area contributed by atoms with Crippen LogP contribution >= 0.6 is 12.2 Å². The van der Waals surface area contributed by atoms with E-state index in [1.807, 2.05) is 72.8 Å². The number of carbonyl (C=O) groups is 1. The van der Waals surface area contributed by atoms with Crippen molar-refractivity contribution in [3.8, 4) is 22.8 Å². The third-order valence-electron chi connectivity index (χ3n) is 5.40. The van der Waals surface area contributed by atoms with Crippen molar-refractivity contribution >= 4 is 34.1 Å². The van der Waals surface area contributed by atoms with Crippen LogP contribution < -0.4 is 20.1 Å². The van der Waals surface area contributed by atoms with Gasteiger partial charge in [0.15, 0.2) is 16.6 Å². The number of pyridine rings is 1. The zero-order valence-corrected chi connectivity index (χ0v) is 19.8. The molecule has 34 heavy (non-hydrogen) atoms. The summed E-state index contributed by atoms with van der Waals surface area (Å²) in [5.41, 5.74) is 4.01. The minimum Gasteiger partial charge on any atom is -0.493 e. The summed E-state index contributed by atoms with van der Waals surface area (Å²) in [6, 6.07) is 24.9. The van der Waals surface area contributed by atoms with E-state index in [1.165, 1.54) is 0 Å². The maximum atomic E-state index is 13.1. The van der Waals surface area contributed by atoms with Gasteiger partial charge in [-0.1, -0.05) is 54.6 Å². The number of ether oxygens (including phenoxy) is 2. The number of benzene rings is 3. The van der Waals surface area contributed by atoms with Crippen LogP contribution in [0, 0.1) is 0 Å². The van der Waals surface area contributed by atoms with E-state index >= 15 is 0 Å². The van der Waals surface area contributed by atoms with E-state index in [0.717, 1.165) is 27.7 Å². The van der Waals surface area contributed by atoms with Crippen molar-refractivity contribution in [1.82, 2.24) is 15.6 Å². The van der Waals surface area contributed by atoms with Crippen molar-refractivity contribution in [3.63, 3.8) is 0 Å². The number of para-hydroxylation sites is 1. The molecule has 1 amide bonds. The Hall–Kier alpha value is -3.97. The molecule has 6 nitrogen and oxygen atoms in total. The van der Waals surface area contributed by atoms with Crippen LogP contribution in [0.4, 0.5) is 0 Å². The molecule has 4 aromatic rings. The zero-order chi connectivity index (χ0) is 23.9. The predicted octanol–water partition coefficient (Wildman–Crippen LogP) is 4.77. The van der Waals surface area contributed by atoms with E-state index in [2.05, 4.69) is 10.6 Å².